The van der Waals surface area contributed by atoms with Crippen LogP contribution in [-0.2, 0) is 4.74 Å². The molecule has 1 saturated heterocycles. The molecule has 4 nitrogen and oxygen atoms in total. The van der Waals surface area contributed by atoms with Crippen molar-refractivity contribution < 1.29 is 4.74 Å². The molecule has 2 fully saturated rings. The number of likely N-dealkylation sites (N-methyl/N-ethyl adjacent to an activating group) is 1. The van der Waals surface area contributed by atoms with E-state index in [4.69, 9.17) is 15.9 Å². The van der Waals surface area contributed by atoms with E-state index in [-0.39, 0.29) is 11.4 Å². The Morgan fingerprint density at radius 3 is 2.72 bits per heavy atom. The minimum absolute atomic E-state index is 0.231. The van der Waals surface area contributed by atoms with Crippen LogP contribution in [-0.4, -0.2) is 42.1 Å². The van der Waals surface area contributed by atoms with Gasteiger partial charge in [0.15, 0.2) is 0 Å². The van der Waals surface area contributed by atoms with Crippen molar-refractivity contribution in [2.24, 2.45) is 5.73 Å². The minimum Gasteiger partial charge on any atom is -0.388 e. The molecule has 4 heteroatoms. The molecule has 2 atom stereocenters. The van der Waals surface area contributed by atoms with Gasteiger partial charge in [-0.2, -0.15) is 0 Å². The first-order chi connectivity index (χ1) is 8.51. The fourth-order valence-corrected chi connectivity index (χ4v) is 3.39. The monoisotopic (exact) mass is 253 g/mol. The van der Waals surface area contributed by atoms with Crippen LogP contribution in [0.2, 0.25) is 0 Å². The fraction of sp³-hybridized carbons (Fsp3) is 0.929. The van der Waals surface area contributed by atoms with Gasteiger partial charge in [-0.05, 0) is 39.7 Å². The molecule has 1 spiro atoms. The van der Waals surface area contributed by atoms with Gasteiger partial charge >= 0.3 is 0 Å². The van der Waals surface area contributed by atoms with Crippen molar-refractivity contribution in [3.05, 3.63) is 0 Å². The van der Waals surface area contributed by atoms with Gasteiger partial charge in [0.05, 0.1) is 17.5 Å². The third kappa shape index (κ3) is 3.23. The Morgan fingerprint density at radius 1 is 1.44 bits per heavy atom. The zero-order valence-electron chi connectivity index (χ0n) is 11.7. The van der Waals surface area contributed by atoms with Gasteiger partial charge in [-0.25, -0.2) is 0 Å². The predicted octanol–water partition coefficient (Wildman–Crippen LogP) is 2.12. The van der Waals surface area contributed by atoms with Crippen molar-refractivity contribution >= 4 is 5.84 Å². The van der Waals surface area contributed by atoms with E-state index in [1.54, 1.807) is 0 Å². The van der Waals surface area contributed by atoms with Gasteiger partial charge in [0.25, 0.3) is 0 Å². The van der Waals surface area contributed by atoms with Crippen molar-refractivity contribution in [2.75, 3.05) is 13.6 Å². The van der Waals surface area contributed by atoms with E-state index < -0.39 is 0 Å². The first-order valence-electron chi connectivity index (χ1n) is 7.22. The summed E-state index contributed by atoms with van der Waals surface area (Å²) in [4.78, 5) is 2.28. The zero-order chi connectivity index (χ0) is 13.2. The molecule has 2 aliphatic rings. The third-order valence-electron chi connectivity index (χ3n) is 4.61. The number of ether oxygens (including phenoxy) is 1. The van der Waals surface area contributed by atoms with E-state index in [9.17, 15) is 0 Å². The van der Waals surface area contributed by atoms with Crippen LogP contribution in [0, 0.1) is 5.41 Å². The first-order valence-corrected chi connectivity index (χ1v) is 7.22. The van der Waals surface area contributed by atoms with Crippen LogP contribution in [0.5, 0.6) is 0 Å². The summed E-state index contributed by atoms with van der Waals surface area (Å²) in [6, 6.07) is 0.325. The maximum absolute atomic E-state index is 7.35. The number of nitrogens with two attached hydrogens (primary N) is 1. The molecule has 0 radical (unpaired) electrons. The molecule has 1 heterocycles. The molecule has 104 valence electrons. The fourth-order valence-electron chi connectivity index (χ4n) is 3.39. The largest absolute Gasteiger partial charge is 0.388 e. The summed E-state index contributed by atoms with van der Waals surface area (Å²) < 4.78 is 6.31. The molecule has 1 saturated carbocycles. The maximum atomic E-state index is 7.35. The maximum Gasteiger partial charge on any atom is 0.0920 e. The highest BCUT2D eigenvalue weighted by atomic mass is 16.5. The van der Waals surface area contributed by atoms with E-state index in [1.165, 1.54) is 38.5 Å². The Balaban J connectivity index is 1.78. The molecule has 2 rings (SSSR count). The minimum atomic E-state index is 0.231. The number of nitrogens with zero attached hydrogens (tertiary/aromatic N) is 1. The Kier molecular flexibility index (Phi) is 4.28. The average Bonchev–Trinajstić information content (AvgIpc) is 2.89. The van der Waals surface area contributed by atoms with E-state index >= 15 is 0 Å². The lowest BCUT2D eigenvalue weighted by atomic mass is 9.98. The van der Waals surface area contributed by atoms with Gasteiger partial charge in [0, 0.05) is 19.0 Å². The summed E-state index contributed by atoms with van der Waals surface area (Å²) in [5.74, 6) is 0.272. The van der Waals surface area contributed by atoms with Crippen molar-refractivity contribution in [3.8, 4) is 0 Å². The third-order valence-corrected chi connectivity index (χ3v) is 4.61. The van der Waals surface area contributed by atoms with Gasteiger partial charge in [-0.15, -0.1) is 0 Å². The van der Waals surface area contributed by atoms with Gasteiger partial charge in [0.2, 0.25) is 0 Å². The van der Waals surface area contributed by atoms with E-state index in [1.807, 2.05) is 0 Å². The summed E-state index contributed by atoms with van der Waals surface area (Å²) in [7, 11) is 2.11. The van der Waals surface area contributed by atoms with Crippen LogP contribution in [0.25, 0.3) is 0 Å². The lowest BCUT2D eigenvalue weighted by Gasteiger charge is -2.29. The molecule has 0 bridgehead atoms. The Morgan fingerprint density at radius 2 is 2.11 bits per heavy atom. The van der Waals surface area contributed by atoms with E-state index in [2.05, 4.69) is 18.9 Å². The van der Waals surface area contributed by atoms with Crippen LogP contribution in [0.3, 0.4) is 0 Å². The second-order valence-corrected chi connectivity index (χ2v) is 6.19. The summed E-state index contributed by atoms with van der Waals surface area (Å²) in [5.41, 5.74) is 5.69. The SMILES string of the molecule is CC(CC(=N)N)N(C)CC1CCC2(CCCC2)O1. The second kappa shape index (κ2) is 5.57. The molecule has 0 aromatic rings. The molecule has 0 aromatic carbocycles. The normalized spacial score (nSPS) is 28.1. The van der Waals surface area contributed by atoms with Crippen LogP contribution >= 0.6 is 0 Å². The topological polar surface area (TPSA) is 62.3 Å². The van der Waals surface area contributed by atoms with Crippen LogP contribution < -0.4 is 5.73 Å². The number of nitrogens with one attached hydrogen (secondary N) is 1. The van der Waals surface area contributed by atoms with E-state index in [0.29, 0.717) is 18.6 Å². The predicted molar refractivity (Wildman–Crippen MR) is 73.9 cm³/mol. The molecule has 18 heavy (non-hydrogen) atoms. The highest BCUT2D eigenvalue weighted by Gasteiger charge is 2.42. The Bertz CT molecular complexity index is 299. The van der Waals surface area contributed by atoms with Crippen LogP contribution in [0.15, 0.2) is 0 Å². The van der Waals surface area contributed by atoms with Gasteiger partial charge < -0.3 is 15.4 Å². The number of hydrogen-bond acceptors (Lipinski definition) is 3. The molecular formula is C14H27N3O. The molecule has 1 aliphatic carbocycles. The smallest absolute Gasteiger partial charge is 0.0920 e. The number of amidine groups is 1. The highest BCUT2D eigenvalue weighted by molar-refractivity contribution is 5.77. The van der Waals surface area contributed by atoms with Gasteiger partial charge in [-0.1, -0.05) is 12.8 Å². The first kappa shape index (κ1) is 13.8. The van der Waals surface area contributed by atoms with Crippen molar-refractivity contribution in [2.45, 2.75) is 69.6 Å². The average molecular weight is 253 g/mol. The second-order valence-electron chi connectivity index (χ2n) is 6.19. The molecule has 1 aliphatic heterocycles. The number of hydrogen-bond donors (Lipinski definition) is 2. The van der Waals surface area contributed by atoms with Crippen molar-refractivity contribution in [1.29, 1.82) is 5.41 Å². The van der Waals surface area contributed by atoms with Crippen molar-refractivity contribution in [3.63, 3.8) is 0 Å². The summed E-state index contributed by atoms with van der Waals surface area (Å²) in [6.45, 7) is 3.10. The lowest BCUT2D eigenvalue weighted by Crippen LogP contribution is -2.39. The zero-order valence-corrected chi connectivity index (χ0v) is 11.7. The summed E-state index contributed by atoms with van der Waals surface area (Å²) in [5, 5.41) is 7.35. The molecule has 3 N–H and O–H groups in total. The molecule has 0 aromatic heterocycles. The molecule has 0 amide bonds. The van der Waals surface area contributed by atoms with Crippen molar-refractivity contribution in [1.82, 2.24) is 4.90 Å². The lowest BCUT2D eigenvalue weighted by molar-refractivity contribution is -0.0477. The Labute approximate surface area is 110 Å². The van der Waals surface area contributed by atoms with E-state index in [0.717, 1.165) is 6.54 Å². The van der Waals surface area contributed by atoms with Crippen LogP contribution in [0.4, 0.5) is 0 Å². The van der Waals surface area contributed by atoms with Gasteiger partial charge in [0.1, 0.15) is 0 Å². The molecule has 2 unspecified atom stereocenters. The Hall–Kier alpha value is -0.610. The van der Waals surface area contributed by atoms with Crippen LogP contribution in [0.1, 0.15) is 51.9 Å². The summed E-state index contributed by atoms with van der Waals surface area (Å²) in [6.07, 6.45) is 8.65. The summed E-state index contributed by atoms with van der Waals surface area (Å²) >= 11 is 0. The highest BCUT2D eigenvalue weighted by Crippen LogP contribution is 2.43. The van der Waals surface area contributed by atoms with Gasteiger partial charge in [-0.3, -0.25) is 5.41 Å². The quantitative estimate of drug-likeness (QED) is 0.583. The standard InChI is InChI=1S/C14H27N3O/c1-11(9-13(15)16)17(2)10-12-5-8-14(18-12)6-3-4-7-14/h11-12H,3-10H2,1-2H3,(H3,15,16). The molecular weight excluding hydrogens is 226 g/mol. The number of rotatable bonds is 5.